The van der Waals surface area contributed by atoms with Gasteiger partial charge in [-0.3, -0.25) is 4.79 Å². The lowest BCUT2D eigenvalue weighted by molar-refractivity contribution is 0.0928. The second-order valence-electron chi connectivity index (χ2n) is 4.84. The molecule has 0 saturated heterocycles. The Morgan fingerprint density at radius 2 is 2.25 bits per heavy atom. The molecule has 0 spiro atoms. The van der Waals surface area contributed by atoms with Crippen LogP contribution in [0, 0.1) is 5.82 Å². The molecule has 2 aromatic rings. The van der Waals surface area contributed by atoms with Crippen LogP contribution in [-0.2, 0) is 6.42 Å². The van der Waals surface area contributed by atoms with Crippen molar-refractivity contribution in [2.75, 3.05) is 0 Å². The fourth-order valence-corrected chi connectivity index (χ4v) is 2.90. The molecule has 1 unspecified atom stereocenters. The van der Waals surface area contributed by atoms with Gasteiger partial charge in [0.05, 0.1) is 17.9 Å². The fraction of sp³-hybridized carbons (Fsp3) is 0.267. The third kappa shape index (κ3) is 2.50. The Labute approximate surface area is 124 Å². The van der Waals surface area contributed by atoms with Crippen LogP contribution < -0.4 is 5.32 Å². The molecule has 1 aromatic heterocycles. The van der Waals surface area contributed by atoms with Gasteiger partial charge in [-0.15, -0.1) is 0 Å². The molecule has 20 heavy (non-hydrogen) atoms. The first-order valence-electron chi connectivity index (χ1n) is 6.47. The summed E-state index contributed by atoms with van der Waals surface area (Å²) in [6.07, 6.45) is 4.31. The minimum Gasteiger partial charge on any atom is -0.469 e. The zero-order valence-electron chi connectivity index (χ0n) is 10.7. The van der Waals surface area contributed by atoms with E-state index >= 15 is 0 Å². The van der Waals surface area contributed by atoms with Gasteiger partial charge in [-0.25, -0.2) is 4.39 Å². The summed E-state index contributed by atoms with van der Waals surface area (Å²) in [4.78, 5) is 12.2. The van der Waals surface area contributed by atoms with Crippen LogP contribution in [0.2, 0.25) is 0 Å². The minimum absolute atomic E-state index is 0.0509. The number of hydrogen-bond donors (Lipinski definition) is 1. The molecule has 1 amide bonds. The second kappa shape index (κ2) is 5.40. The molecule has 1 aromatic carbocycles. The summed E-state index contributed by atoms with van der Waals surface area (Å²) < 4.78 is 19.8. The lowest BCUT2D eigenvalue weighted by Gasteiger charge is -2.22. The van der Waals surface area contributed by atoms with E-state index in [2.05, 4.69) is 21.2 Å². The van der Waals surface area contributed by atoms with Crippen LogP contribution in [0.1, 0.15) is 40.6 Å². The average Bonchev–Trinajstić information content (AvgIpc) is 2.91. The van der Waals surface area contributed by atoms with Gasteiger partial charge in [0.25, 0.3) is 5.91 Å². The van der Waals surface area contributed by atoms with Crippen molar-refractivity contribution >= 4 is 21.8 Å². The Hall–Kier alpha value is -1.62. The van der Waals surface area contributed by atoms with Gasteiger partial charge in [0.2, 0.25) is 0 Å². The van der Waals surface area contributed by atoms with Crippen molar-refractivity contribution in [2.24, 2.45) is 0 Å². The molecule has 1 aliphatic rings. The fourth-order valence-electron chi connectivity index (χ4n) is 2.54. The predicted octanol–water partition coefficient (Wildman–Crippen LogP) is 3.99. The lowest BCUT2D eigenvalue weighted by atomic mass is 9.93. The molecule has 1 atom stereocenters. The molecule has 3 rings (SSSR count). The number of rotatable bonds is 2. The molecule has 1 heterocycles. The van der Waals surface area contributed by atoms with Gasteiger partial charge in [-0.1, -0.05) is 15.9 Å². The number of amides is 1. The maximum absolute atomic E-state index is 13.7. The smallest absolute Gasteiger partial charge is 0.254 e. The van der Waals surface area contributed by atoms with E-state index in [1.807, 2.05) is 6.07 Å². The first-order chi connectivity index (χ1) is 9.65. The quantitative estimate of drug-likeness (QED) is 0.900. The molecule has 0 saturated carbocycles. The number of halogens is 2. The summed E-state index contributed by atoms with van der Waals surface area (Å²) in [5, 5.41) is 2.89. The van der Waals surface area contributed by atoms with Crippen molar-refractivity contribution in [3.8, 4) is 0 Å². The molecule has 1 aliphatic carbocycles. The van der Waals surface area contributed by atoms with Crippen molar-refractivity contribution in [1.29, 1.82) is 0 Å². The minimum atomic E-state index is -0.520. The van der Waals surface area contributed by atoms with E-state index in [-0.39, 0.29) is 11.6 Å². The van der Waals surface area contributed by atoms with E-state index in [1.54, 1.807) is 12.3 Å². The van der Waals surface area contributed by atoms with Crippen LogP contribution in [0.3, 0.4) is 0 Å². The molecule has 0 fully saturated rings. The summed E-state index contributed by atoms with van der Waals surface area (Å²) in [5.74, 6) is -0.00644. The summed E-state index contributed by atoms with van der Waals surface area (Å²) >= 11 is 3.25. The third-order valence-electron chi connectivity index (χ3n) is 3.53. The van der Waals surface area contributed by atoms with Gasteiger partial charge in [0, 0.05) is 16.5 Å². The number of carbonyl (C=O) groups excluding carboxylic acids is 1. The van der Waals surface area contributed by atoms with Crippen molar-refractivity contribution in [3.63, 3.8) is 0 Å². The number of benzene rings is 1. The van der Waals surface area contributed by atoms with Gasteiger partial charge >= 0.3 is 0 Å². The second-order valence-corrected chi connectivity index (χ2v) is 5.76. The van der Waals surface area contributed by atoms with E-state index in [0.29, 0.717) is 4.47 Å². The highest BCUT2D eigenvalue weighted by molar-refractivity contribution is 9.10. The SMILES string of the molecule is O=C(NC1CCCc2occc21)c1cc(Br)ccc1F. The molecule has 104 valence electrons. The summed E-state index contributed by atoms with van der Waals surface area (Å²) in [5.41, 5.74) is 1.05. The highest BCUT2D eigenvalue weighted by Gasteiger charge is 2.25. The highest BCUT2D eigenvalue weighted by atomic mass is 79.9. The standard InChI is InChI=1S/C15H13BrFNO2/c16-9-4-5-12(17)11(8-9)15(19)18-13-2-1-3-14-10(13)6-7-20-14/h4-8,13H,1-3H2,(H,18,19). The predicted molar refractivity (Wildman–Crippen MR) is 76.0 cm³/mol. The average molecular weight is 338 g/mol. The van der Waals surface area contributed by atoms with Crippen molar-refractivity contribution in [1.82, 2.24) is 5.32 Å². The third-order valence-corrected chi connectivity index (χ3v) is 4.02. The molecule has 1 N–H and O–H groups in total. The molecule has 0 aliphatic heterocycles. The Kier molecular flexibility index (Phi) is 3.61. The topological polar surface area (TPSA) is 42.2 Å². The van der Waals surface area contributed by atoms with Crippen LogP contribution in [0.5, 0.6) is 0 Å². The zero-order chi connectivity index (χ0) is 14.1. The van der Waals surface area contributed by atoms with Gasteiger partial charge in [0.1, 0.15) is 11.6 Å². The normalized spacial score (nSPS) is 17.6. The molecule has 0 bridgehead atoms. The number of fused-ring (bicyclic) bond motifs is 1. The monoisotopic (exact) mass is 337 g/mol. The number of furan rings is 1. The Balaban J connectivity index is 1.82. The Morgan fingerprint density at radius 1 is 1.40 bits per heavy atom. The van der Waals surface area contributed by atoms with Crippen molar-refractivity contribution < 1.29 is 13.6 Å². The van der Waals surface area contributed by atoms with E-state index in [4.69, 9.17) is 4.42 Å². The maximum Gasteiger partial charge on any atom is 0.254 e. The molecular formula is C15H13BrFNO2. The number of nitrogens with one attached hydrogen (secondary N) is 1. The summed E-state index contributed by atoms with van der Waals surface area (Å²) in [6.45, 7) is 0. The largest absolute Gasteiger partial charge is 0.469 e. The van der Waals surface area contributed by atoms with E-state index in [1.165, 1.54) is 12.1 Å². The van der Waals surface area contributed by atoms with E-state index in [0.717, 1.165) is 30.6 Å². The van der Waals surface area contributed by atoms with Gasteiger partial charge < -0.3 is 9.73 Å². The van der Waals surface area contributed by atoms with Crippen molar-refractivity contribution in [2.45, 2.75) is 25.3 Å². The highest BCUT2D eigenvalue weighted by Crippen LogP contribution is 2.30. The van der Waals surface area contributed by atoms with Gasteiger partial charge in [-0.2, -0.15) is 0 Å². The summed E-state index contributed by atoms with van der Waals surface area (Å²) in [7, 11) is 0. The Bertz CT molecular complexity index is 653. The molecule has 3 nitrogen and oxygen atoms in total. The van der Waals surface area contributed by atoms with E-state index in [9.17, 15) is 9.18 Å². The number of aryl methyl sites for hydroxylation is 1. The van der Waals surface area contributed by atoms with Crippen LogP contribution >= 0.6 is 15.9 Å². The van der Waals surface area contributed by atoms with Crippen LogP contribution in [0.25, 0.3) is 0 Å². The molecule has 0 radical (unpaired) electrons. The van der Waals surface area contributed by atoms with Crippen LogP contribution in [0.15, 0.2) is 39.4 Å². The molecule has 5 heteroatoms. The lowest BCUT2D eigenvalue weighted by Crippen LogP contribution is -2.31. The van der Waals surface area contributed by atoms with Gasteiger partial charge in [-0.05, 0) is 37.1 Å². The number of hydrogen-bond acceptors (Lipinski definition) is 2. The Morgan fingerprint density at radius 3 is 3.10 bits per heavy atom. The van der Waals surface area contributed by atoms with Gasteiger partial charge in [0.15, 0.2) is 0 Å². The zero-order valence-corrected chi connectivity index (χ0v) is 12.2. The first-order valence-corrected chi connectivity index (χ1v) is 7.26. The first kappa shape index (κ1) is 13.4. The summed E-state index contributed by atoms with van der Waals surface area (Å²) in [6, 6.07) is 6.10. The number of carbonyl (C=O) groups is 1. The molecular weight excluding hydrogens is 325 g/mol. The van der Waals surface area contributed by atoms with Crippen molar-refractivity contribution in [3.05, 3.63) is 57.7 Å². The van der Waals surface area contributed by atoms with Crippen LogP contribution in [-0.4, -0.2) is 5.91 Å². The van der Waals surface area contributed by atoms with E-state index < -0.39 is 11.7 Å². The van der Waals surface area contributed by atoms with Crippen LogP contribution in [0.4, 0.5) is 4.39 Å². The maximum atomic E-state index is 13.7.